The Morgan fingerprint density at radius 3 is 1.77 bits per heavy atom. The summed E-state index contributed by atoms with van der Waals surface area (Å²) in [5.74, 6) is 0.206. The van der Waals surface area contributed by atoms with E-state index in [1.807, 2.05) is 37.3 Å². The Morgan fingerprint density at radius 1 is 0.885 bits per heavy atom. The van der Waals surface area contributed by atoms with Crippen molar-refractivity contribution in [1.82, 2.24) is 0 Å². The van der Waals surface area contributed by atoms with E-state index in [1.54, 1.807) is 0 Å². The van der Waals surface area contributed by atoms with Crippen molar-refractivity contribution < 1.29 is 9.53 Å². The zero-order valence-corrected chi connectivity index (χ0v) is 17.4. The van der Waals surface area contributed by atoms with Crippen molar-refractivity contribution in [3.05, 3.63) is 64.7 Å². The van der Waals surface area contributed by atoms with Gasteiger partial charge < -0.3 is 4.74 Å². The molecule has 0 aliphatic heterocycles. The lowest BCUT2D eigenvalue weighted by molar-refractivity contribution is -0.135. The highest BCUT2D eigenvalue weighted by atomic mass is 16.5. The minimum Gasteiger partial charge on any atom is -0.425 e. The van der Waals surface area contributed by atoms with E-state index < -0.39 is 0 Å². The molecule has 0 fully saturated rings. The van der Waals surface area contributed by atoms with Gasteiger partial charge in [-0.15, -0.1) is 0 Å². The standard InChI is InChI=1S/C24H32O2/c1-16-14-19(23(3,4)5)21(20(15-16)24(6,7)8)26-22(25)17(2)18-12-10-9-11-13-18/h9-15,17H,1-8H3. The second-order valence-electron chi connectivity index (χ2n) is 9.24. The second kappa shape index (κ2) is 7.26. The van der Waals surface area contributed by atoms with Crippen molar-refractivity contribution in [2.24, 2.45) is 0 Å². The summed E-state index contributed by atoms with van der Waals surface area (Å²) in [6, 6.07) is 14.1. The molecule has 1 unspecified atom stereocenters. The summed E-state index contributed by atoms with van der Waals surface area (Å²) in [7, 11) is 0. The molecule has 140 valence electrons. The Morgan fingerprint density at radius 2 is 1.35 bits per heavy atom. The number of benzene rings is 2. The molecule has 2 aromatic carbocycles. The molecular weight excluding hydrogens is 320 g/mol. The van der Waals surface area contributed by atoms with Crippen LogP contribution in [0.15, 0.2) is 42.5 Å². The second-order valence-corrected chi connectivity index (χ2v) is 9.24. The summed E-state index contributed by atoms with van der Waals surface area (Å²) < 4.78 is 6.06. The summed E-state index contributed by atoms with van der Waals surface area (Å²) >= 11 is 0. The number of carbonyl (C=O) groups is 1. The van der Waals surface area contributed by atoms with Crippen LogP contribution in [-0.2, 0) is 15.6 Å². The maximum atomic E-state index is 12.9. The fraction of sp³-hybridized carbons (Fsp3) is 0.458. The molecule has 0 saturated heterocycles. The molecule has 0 bridgehead atoms. The van der Waals surface area contributed by atoms with E-state index >= 15 is 0 Å². The average Bonchev–Trinajstić information content (AvgIpc) is 2.54. The molecule has 0 N–H and O–H groups in total. The molecule has 0 aromatic heterocycles. The van der Waals surface area contributed by atoms with E-state index in [2.05, 4.69) is 60.6 Å². The van der Waals surface area contributed by atoms with Crippen LogP contribution in [0, 0.1) is 6.92 Å². The smallest absolute Gasteiger partial charge is 0.318 e. The molecular formula is C24H32O2. The Labute approximate surface area is 158 Å². The Hall–Kier alpha value is -2.09. The predicted octanol–water partition coefficient (Wildman–Crippen LogP) is 6.30. The van der Waals surface area contributed by atoms with Crippen LogP contribution in [-0.4, -0.2) is 5.97 Å². The van der Waals surface area contributed by atoms with Gasteiger partial charge in [0.1, 0.15) is 5.75 Å². The van der Waals surface area contributed by atoms with Crippen LogP contribution in [0.1, 0.15) is 76.6 Å². The first-order valence-corrected chi connectivity index (χ1v) is 9.33. The van der Waals surface area contributed by atoms with Crippen molar-refractivity contribution in [1.29, 1.82) is 0 Å². The van der Waals surface area contributed by atoms with Gasteiger partial charge in [-0.05, 0) is 30.2 Å². The van der Waals surface area contributed by atoms with Gasteiger partial charge in [-0.3, -0.25) is 4.79 Å². The van der Waals surface area contributed by atoms with E-state index in [-0.39, 0.29) is 22.7 Å². The minimum atomic E-state index is -0.307. The molecule has 1 atom stereocenters. The van der Waals surface area contributed by atoms with Crippen molar-refractivity contribution in [3.8, 4) is 5.75 Å². The third kappa shape index (κ3) is 4.55. The third-order valence-electron chi connectivity index (χ3n) is 4.71. The predicted molar refractivity (Wildman–Crippen MR) is 109 cm³/mol. The van der Waals surface area contributed by atoms with Gasteiger partial charge in [0.15, 0.2) is 0 Å². The molecule has 0 aliphatic rings. The molecule has 0 aliphatic carbocycles. The maximum Gasteiger partial charge on any atom is 0.318 e. The van der Waals surface area contributed by atoms with Crippen LogP contribution in [0.5, 0.6) is 5.75 Å². The van der Waals surface area contributed by atoms with Gasteiger partial charge in [-0.25, -0.2) is 0 Å². The third-order valence-corrected chi connectivity index (χ3v) is 4.71. The van der Waals surface area contributed by atoms with Crippen molar-refractivity contribution >= 4 is 5.97 Å². The van der Waals surface area contributed by atoms with E-state index in [0.29, 0.717) is 0 Å². The average molecular weight is 353 g/mol. The van der Waals surface area contributed by atoms with E-state index in [0.717, 1.165) is 22.4 Å². The van der Waals surface area contributed by atoms with E-state index in [1.165, 1.54) is 5.56 Å². The largest absolute Gasteiger partial charge is 0.425 e. The number of hydrogen-bond donors (Lipinski definition) is 0. The molecule has 2 rings (SSSR count). The number of aryl methyl sites for hydroxylation is 1. The first kappa shape index (κ1) is 20.2. The number of carbonyl (C=O) groups excluding carboxylic acids is 1. The molecule has 0 heterocycles. The normalized spacial score (nSPS) is 13.4. The lowest BCUT2D eigenvalue weighted by atomic mass is 9.78. The van der Waals surface area contributed by atoms with E-state index in [4.69, 9.17) is 4.74 Å². The summed E-state index contributed by atoms with van der Waals surface area (Å²) in [5, 5.41) is 0. The van der Waals surface area contributed by atoms with Crippen LogP contribution in [0.25, 0.3) is 0 Å². The van der Waals surface area contributed by atoms with Crippen LogP contribution < -0.4 is 4.74 Å². The quantitative estimate of drug-likeness (QED) is 0.478. The van der Waals surface area contributed by atoms with Crippen LogP contribution in [0.3, 0.4) is 0 Å². The van der Waals surface area contributed by atoms with Gasteiger partial charge in [-0.1, -0.05) is 89.6 Å². The number of ether oxygens (including phenoxy) is 1. The van der Waals surface area contributed by atoms with Crippen molar-refractivity contribution in [3.63, 3.8) is 0 Å². The zero-order chi connectivity index (χ0) is 19.7. The molecule has 26 heavy (non-hydrogen) atoms. The molecule has 0 saturated carbocycles. The van der Waals surface area contributed by atoms with Gasteiger partial charge in [0.05, 0.1) is 5.92 Å². The molecule has 2 aromatic rings. The summed E-state index contributed by atoms with van der Waals surface area (Å²) in [5.41, 5.74) is 4.09. The van der Waals surface area contributed by atoms with Gasteiger partial charge in [0, 0.05) is 11.1 Å². The highest BCUT2D eigenvalue weighted by Crippen LogP contribution is 2.41. The highest BCUT2D eigenvalue weighted by Gasteiger charge is 2.30. The lowest BCUT2D eigenvalue weighted by Crippen LogP contribution is -2.24. The Bertz CT molecular complexity index is 739. The minimum absolute atomic E-state index is 0.113. The fourth-order valence-corrected chi connectivity index (χ4v) is 3.06. The molecule has 0 spiro atoms. The zero-order valence-electron chi connectivity index (χ0n) is 17.4. The summed E-state index contributed by atoms with van der Waals surface area (Å²) in [6.07, 6.45) is 0. The summed E-state index contributed by atoms with van der Waals surface area (Å²) in [6.45, 7) is 17.0. The fourth-order valence-electron chi connectivity index (χ4n) is 3.06. The van der Waals surface area contributed by atoms with Gasteiger partial charge >= 0.3 is 5.97 Å². The van der Waals surface area contributed by atoms with Crippen molar-refractivity contribution in [2.45, 2.75) is 72.1 Å². The van der Waals surface area contributed by atoms with Crippen LogP contribution in [0.4, 0.5) is 0 Å². The van der Waals surface area contributed by atoms with Crippen LogP contribution in [0.2, 0.25) is 0 Å². The number of hydrogen-bond acceptors (Lipinski definition) is 2. The van der Waals surface area contributed by atoms with Gasteiger partial charge in [-0.2, -0.15) is 0 Å². The SMILES string of the molecule is Cc1cc(C(C)(C)C)c(OC(=O)C(C)c2ccccc2)c(C(C)(C)C)c1. The highest BCUT2D eigenvalue weighted by molar-refractivity contribution is 5.80. The molecule has 0 amide bonds. The van der Waals surface area contributed by atoms with Gasteiger partial charge in [0.2, 0.25) is 0 Å². The molecule has 0 radical (unpaired) electrons. The number of rotatable bonds is 3. The van der Waals surface area contributed by atoms with Crippen LogP contribution >= 0.6 is 0 Å². The topological polar surface area (TPSA) is 26.3 Å². The van der Waals surface area contributed by atoms with E-state index in [9.17, 15) is 4.79 Å². The Balaban J connectivity index is 2.52. The first-order chi connectivity index (χ1) is 11.9. The number of esters is 1. The van der Waals surface area contributed by atoms with Gasteiger partial charge in [0.25, 0.3) is 0 Å². The van der Waals surface area contributed by atoms with Crippen molar-refractivity contribution in [2.75, 3.05) is 0 Å². The maximum absolute atomic E-state index is 12.9. The summed E-state index contributed by atoms with van der Waals surface area (Å²) in [4.78, 5) is 12.9. The first-order valence-electron chi connectivity index (χ1n) is 9.33. The molecule has 2 nitrogen and oxygen atoms in total. The lowest BCUT2D eigenvalue weighted by Gasteiger charge is -2.30. The molecule has 2 heteroatoms. The monoisotopic (exact) mass is 352 g/mol. The Kier molecular flexibility index (Phi) is 5.65.